The first-order chi connectivity index (χ1) is 25.6. The fourth-order valence-corrected chi connectivity index (χ4v) is 3.85. The lowest BCUT2D eigenvalue weighted by Gasteiger charge is -2.10. The van der Waals surface area contributed by atoms with Gasteiger partial charge in [0.1, 0.15) is 0 Å². The minimum atomic E-state index is 0.957. The first-order valence-electron chi connectivity index (χ1n) is 23.0. The van der Waals surface area contributed by atoms with Crippen LogP contribution in [-0.2, 0) is 0 Å². The molecule has 2 heterocycles. The summed E-state index contributed by atoms with van der Waals surface area (Å²) in [6.07, 6.45) is 30.8. The van der Waals surface area contributed by atoms with Crippen molar-refractivity contribution < 1.29 is 0 Å². The van der Waals surface area contributed by atoms with Crippen molar-refractivity contribution in [3.63, 3.8) is 0 Å². The summed E-state index contributed by atoms with van der Waals surface area (Å²) in [5.41, 5.74) is 4.93. The molecule has 0 atom stereocenters. The number of allylic oxidation sites excluding steroid dienone is 5. The van der Waals surface area contributed by atoms with Crippen LogP contribution < -0.4 is 0 Å². The average molecular weight is 737 g/mol. The van der Waals surface area contributed by atoms with Crippen molar-refractivity contribution in [2.75, 3.05) is 6.54 Å². The fourth-order valence-electron chi connectivity index (χ4n) is 3.85. The van der Waals surface area contributed by atoms with E-state index in [4.69, 9.17) is 0 Å². The molecule has 3 aliphatic carbocycles. The minimum absolute atomic E-state index is 0.957. The van der Waals surface area contributed by atoms with Crippen LogP contribution >= 0.6 is 0 Å². The quantitative estimate of drug-likeness (QED) is 0.221. The summed E-state index contributed by atoms with van der Waals surface area (Å²) in [5.74, 6) is 0. The highest BCUT2D eigenvalue weighted by Crippen LogP contribution is 2.20. The lowest BCUT2D eigenvalue weighted by molar-refractivity contribution is 0.504. The normalized spacial score (nSPS) is 14.2. The summed E-state index contributed by atoms with van der Waals surface area (Å²) in [5, 5.41) is 0. The van der Waals surface area contributed by atoms with Gasteiger partial charge in [-0.3, -0.25) is 9.98 Å². The Balaban J connectivity index is -0.0000000474. The van der Waals surface area contributed by atoms with Crippen molar-refractivity contribution in [1.29, 1.82) is 0 Å². The Morgan fingerprint density at radius 1 is 0.404 bits per heavy atom. The van der Waals surface area contributed by atoms with Crippen molar-refractivity contribution in [1.82, 2.24) is 0 Å². The number of rotatable bonds is 0. The van der Waals surface area contributed by atoms with Crippen LogP contribution in [-0.4, -0.2) is 19.0 Å². The molecule has 2 heteroatoms. The minimum Gasteiger partial charge on any atom is -0.293 e. The van der Waals surface area contributed by atoms with Crippen LogP contribution in [0.5, 0.6) is 0 Å². The number of hydrogen-bond donors (Lipinski definition) is 0. The molecule has 0 radical (unpaired) electrons. The van der Waals surface area contributed by atoms with Crippen LogP contribution in [0.3, 0.4) is 0 Å². The van der Waals surface area contributed by atoms with E-state index < -0.39 is 0 Å². The van der Waals surface area contributed by atoms with E-state index in [9.17, 15) is 0 Å². The van der Waals surface area contributed by atoms with Crippen LogP contribution in [0, 0.1) is 0 Å². The van der Waals surface area contributed by atoms with Crippen LogP contribution in [0.2, 0.25) is 0 Å². The Hall–Kier alpha value is -1.96. The molecule has 0 aromatic carbocycles. The van der Waals surface area contributed by atoms with Crippen molar-refractivity contribution >= 4 is 12.4 Å². The molecule has 2 aliphatic heterocycles. The zero-order valence-electron chi connectivity index (χ0n) is 40.8. The molecule has 2 fully saturated rings. The van der Waals surface area contributed by atoms with Crippen molar-refractivity contribution in [2.24, 2.45) is 9.98 Å². The molecule has 318 valence electrons. The molecule has 0 bridgehead atoms. The van der Waals surface area contributed by atoms with E-state index in [0.29, 0.717) is 0 Å². The third-order valence-corrected chi connectivity index (χ3v) is 5.95. The van der Waals surface area contributed by atoms with Gasteiger partial charge in [-0.25, -0.2) is 0 Å². The molecular formula is C50H108N2. The molecule has 0 N–H and O–H groups in total. The van der Waals surface area contributed by atoms with Crippen molar-refractivity contribution in [3.05, 3.63) is 60.9 Å². The molecule has 2 nitrogen and oxygen atoms in total. The summed E-state index contributed by atoms with van der Waals surface area (Å²) in [4.78, 5) is 7.86. The van der Waals surface area contributed by atoms with Gasteiger partial charge in [0.15, 0.2) is 0 Å². The second-order valence-corrected chi connectivity index (χ2v) is 9.24. The van der Waals surface area contributed by atoms with Gasteiger partial charge in [0.05, 0.1) is 0 Å². The molecule has 5 aliphatic rings. The predicted molar refractivity (Wildman–Crippen MR) is 260 cm³/mol. The second-order valence-electron chi connectivity index (χ2n) is 9.24. The van der Waals surface area contributed by atoms with E-state index >= 15 is 0 Å². The van der Waals surface area contributed by atoms with E-state index in [1.165, 1.54) is 101 Å². The zero-order valence-corrected chi connectivity index (χ0v) is 40.8. The highest BCUT2D eigenvalue weighted by molar-refractivity contribution is 5.79. The lowest BCUT2D eigenvalue weighted by Crippen LogP contribution is -1.90. The van der Waals surface area contributed by atoms with Gasteiger partial charge in [-0.1, -0.05) is 233 Å². The highest BCUT2D eigenvalue weighted by atomic mass is 14.7. The third-order valence-electron chi connectivity index (χ3n) is 5.95. The Morgan fingerprint density at radius 3 is 0.923 bits per heavy atom. The van der Waals surface area contributed by atoms with Gasteiger partial charge >= 0.3 is 0 Å². The highest BCUT2D eigenvalue weighted by Gasteiger charge is 2.00. The van der Waals surface area contributed by atoms with E-state index in [0.717, 1.165) is 37.1 Å². The summed E-state index contributed by atoms with van der Waals surface area (Å²) in [7, 11) is 0. The first kappa shape index (κ1) is 75.1. The standard InChI is InChI=1S/C7H12.C7H10.C6H12.2C5H7N.10C2H6/c2*1-7-5-3-2-4-6-7;1-2-4-6-5-3-1;1-5-2-3-6-4-5;1-5-3-2-4-6-5;10*1-2/h1-6H2;3,5H,1-2,4,6H2;1-6H2;2*4H,1-3H2;10*1-2H3. The average Bonchev–Trinajstić information content (AvgIpc) is 3.98. The van der Waals surface area contributed by atoms with E-state index in [-0.39, 0.29) is 0 Å². The van der Waals surface area contributed by atoms with Crippen LogP contribution in [0.15, 0.2) is 70.9 Å². The molecule has 0 amide bonds. The van der Waals surface area contributed by atoms with Gasteiger partial charge in [-0.05, 0) is 69.8 Å². The van der Waals surface area contributed by atoms with Crippen LogP contribution in [0.25, 0.3) is 0 Å². The second kappa shape index (κ2) is 97.7. The van der Waals surface area contributed by atoms with Crippen molar-refractivity contribution in [2.45, 2.75) is 248 Å². The van der Waals surface area contributed by atoms with Gasteiger partial charge in [-0.15, -0.1) is 0 Å². The lowest BCUT2D eigenvalue weighted by atomic mass is 9.97. The largest absolute Gasteiger partial charge is 0.293 e. The van der Waals surface area contributed by atoms with Crippen molar-refractivity contribution in [3.8, 4) is 0 Å². The van der Waals surface area contributed by atoms with Gasteiger partial charge in [0, 0.05) is 24.7 Å². The SMILES string of the molecule is C1CCCCC1.C=C1C=CCCC1.C=C1C=NCC1.C=C1CCC=N1.C=C1CCCCC1.CC.CC.CC.CC.CC.CC.CC.CC.CC.CC. The smallest absolute Gasteiger partial charge is 0.0430 e. The molecule has 0 aromatic rings. The van der Waals surface area contributed by atoms with Crippen LogP contribution in [0.4, 0.5) is 0 Å². The van der Waals surface area contributed by atoms with Gasteiger partial charge in [-0.2, -0.15) is 0 Å². The predicted octanol–water partition coefficient (Wildman–Crippen LogP) is 19.8. The molecule has 0 spiro atoms. The summed E-state index contributed by atoms with van der Waals surface area (Å²) >= 11 is 0. The van der Waals surface area contributed by atoms with Gasteiger partial charge < -0.3 is 0 Å². The maximum absolute atomic E-state index is 3.94. The molecule has 2 saturated carbocycles. The van der Waals surface area contributed by atoms with E-state index in [1.807, 2.05) is 151 Å². The zero-order chi connectivity index (χ0) is 43.3. The maximum Gasteiger partial charge on any atom is 0.0430 e. The summed E-state index contributed by atoms with van der Waals surface area (Å²) in [6.45, 7) is 56.1. The summed E-state index contributed by atoms with van der Waals surface area (Å²) < 4.78 is 0. The van der Waals surface area contributed by atoms with E-state index in [2.05, 4.69) is 48.5 Å². The molecule has 0 unspecified atom stereocenters. The Morgan fingerprint density at radius 2 is 0.788 bits per heavy atom. The number of hydrogen-bond acceptors (Lipinski definition) is 2. The first-order valence-corrected chi connectivity index (χ1v) is 23.0. The topological polar surface area (TPSA) is 24.7 Å². The van der Waals surface area contributed by atoms with Crippen LogP contribution in [0.1, 0.15) is 248 Å². The molecule has 5 rings (SSSR count). The molecule has 0 aromatic heterocycles. The maximum atomic E-state index is 3.94. The molecular weight excluding hydrogens is 629 g/mol. The third kappa shape index (κ3) is 91.7. The monoisotopic (exact) mass is 737 g/mol. The Bertz CT molecular complexity index is 600. The summed E-state index contributed by atoms with van der Waals surface area (Å²) in [6, 6.07) is 0. The molecule has 0 saturated heterocycles. The number of aliphatic imine (C=N–C) groups is 2. The van der Waals surface area contributed by atoms with Gasteiger partial charge in [0.2, 0.25) is 0 Å². The number of nitrogens with zero attached hydrogens (tertiary/aromatic N) is 2. The van der Waals surface area contributed by atoms with E-state index in [1.54, 1.807) is 0 Å². The van der Waals surface area contributed by atoms with Gasteiger partial charge in [0.25, 0.3) is 0 Å². The Kier molecular flexibility index (Phi) is 141. The Labute approximate surface area is 336 Å². The molecule has 52 heavy (non-hydrogen) atoms. The fraction of sp³-hybridized carbons (Fsp3) is 0.760.